The molecular formula is C25H30FN5O3. The molecule has 2 amide bonds. The third-order valence-corrected chi connectivity index (χ3v) is 5.42. The molecule has 0 radical (unpaired) electrons. The third kappa shape index (κ3) is 4.88. The Morgan fingerprint density at radius 3 is 2.53 bits per heavy atom. The normalized spacial score (nSPS) is 11.0. The highest BCUT2D eigenvalue weighted by Crippen LogP contribution is 2.33. The lowest BCUT2D eigenvalue weighted by atomic mass is 10.0. The van der Waals surface area contributed by atoms with E-state index < -0.39 is 11.7 Å². The van der Waals surface area contributed by atoms with Crippen molar-refractivity contribution >= 4 is 17.5 Å². The van der Waals surface area contributed by atoms with E-state index in [0.717, 1.165) is 15.8 Å². The van der Waals surface area contributed by atoms with Gasteiger partial charge in [-0.25, -0.2) is 9.07 Å². The van der Waals surface area contributed by atoms with Crippen LogP contribution in [0, 0.1) is 19.7 Å². The van der Waals surface area contributed by atoms with Crippen molar-refractivity contribution in [1.29, 1.82) is 0 Å². The minimum atomic E-state index is -0.830. The maximum atomic E-state index is 15.4. The van der Waals surface area contributed by atoms with E-state index in [-0.39, 0.29) is 47.8 Å². The first-order valence-electron chi connectivity index (χ1n) is 11.0. The Bertz CT molecular complexity index is 1250. The van der Waals surface area contributed by atoms with Gasteiger partial charge in [0, 0.05) is 12.1 Å². The predicted octanol–water partition coefficient (Wildman–Crippen LogP) is 3.76. The van der Waals surface area contributed by atoms with E-state index in [1.54, 1.807) is 19.1 Å². The number of rotatable bonds is 8. The largest absolute Gasteiger partial charge is 0.491 e. The maximum Gasteiger partial charge on any atom is 0.269 e. The van der Waals surface area contributed by atoms with Gasteiger partial charge in [0.1, 0.15) is 11.4 Å². The van der Waals surface area contributed by atoms with Crippen LogP contribution >= 0.6 is 0 Å². The summed E-state index contributed by atoms with van der Waals surface area (Å²) in [6, 6.07) is 8.48. The van der Waals surface area contributed by atoms with Crippen molar-refractivity contribution in [3.05, 3.63) is 69.8 Å². The van der Waals surface area contributed by atoms with Gasteiger partial charge < -0.3 is 21.5 Å². The molecule has 1 aromatic heterocycles. The molecule has 8 nitrogen and oxygen atoms in total. The maximum absolute atomic E-state index is 15.4. The molecule has 180 valence electrons. The van der Waals surface area contributed by atoms with Crippen molar-refractivity contribution < 1.29 is 18.7 Å². The zero-order chi connectivity index (χ0) is 25.2. The fourth-order valence-corrected chi connectivity index (χ4v) is 3.73. The van der Waals surface area contributed by atoms with Crippen LogP contribution in [-0.4, -0.2) is 28.2 Å². The number of benzene rings is 2. The summed E-state index contributed by atoms with van der Waals surface area (Å²) in [4.78, 5) is 24.8. The fraction of sp³-hybridized carbons (Fsp3) is 0.320. The van der Waals surface area contributed by atoms with Gasteiger partial charge in [-0.05, 0) is 56.0 Å². The molecular weight excluding hydrogens is 437 g/mol. The number of nitrogens with one attached hydrogen (secondary N) is 1. The van der Waals surface area contributed by atoms with Crippen molar-refractivity contribution in [2.24, 2.45) is 5.73 Å². The molecule has 0 aliphatic rings. The summed E-state index contributed by atoms with van der Waals surface area (Å²) in [5.41, 5.74) is 14.9. The summed E-state index contributed by atoms with van der Waals surface area (Å²) >= 11 is 0. The van der Waals surface area contributed by atoms with Crippen LogP contribution in [0.25, 0.3) is 5.69 Å². The molecule has 0 spiro atoms. The van der Waals surface area contributed by atoms with Gasteiger partial charge in [-0.15, -0.1) is 0 Å². The van der Waals surface area contributed by atoms with E-state index in [4.69, 9.17) is 16.2 Å². The second-order valence-corrected chi connectivity index (χ2v) is 8.44. The summed E-state index contributed by atoms with van der Waals surface area (Å²) < 4.78 is 22.2. The Kier molecular flexibility index (Phi) is 7.24. The second-order valence-electron chi connectivity index (χ2n) is 8.44. The molecule has 5 N–H and O–H groups in total. The topological polar surface area (TPSA) is 125 Å². The van der Waals surface area contributed by atoms with E-state index in [1.807, 2.05) is 39.8 Å². The van der Waals surface area contributed by atoms with Crippen LogP contribution in [0.1, 0.15) is 69.9 Å². The lowest BCUT2D eigenvalue weighted by Gasteiger charge is -2.15. The van der Waals surface area contributed by atoms with Gasteiger partial charge in [0.2, 0.25) is 0 Å². The molecule has 0 bridgehead atoms. The van der Waals surface area contributed by atoms with Crippen LogP contribution in [-0.2, 0) is 6.54 Å². The van der Waals surface area contributed by atoms with Gasteiger partial charge in [0.15, 0.2) is 11.5 Å². The number of nitrogens with zero attached hydrogens (tertiary/aromatic N) is 2. The molecule has 0 saturated carbocycles. The monoisotopic (exact) mass is 467 g/mol. The predicted molar refractivity (Wildman–Crippen MR) is 129 cm³/mol. The molecule has 2 aromatic carbocycles. The number of hydrogen-bond donors (Lipinski definition) is 3. The number of primary amides is 1. The number of anilines is 1. The quantitative estimate of drug-likeness (QED) is 0.465. The van der Waals surface area contributed by atoms with Crippen molar-refractivity contribution in [2.75, 3.05) is 12.3 Å². The highest BCUT2D eigenvalue weighted by atomic mass is 19.1. The van der Waals surface area contributed by atoms with Crippen LogP contribution in [0.2, 0.25) is 0 Å². The molecule has 0 fully saturated rings. The molecule has 1 heterocycles. The zero-order valence-electron chi connectivity index (χ0n) is 20.0. The van der Waals surface area contributed by atoms with E-state index in [0.29, 0.717) is 16.8 Å². The average Bonchev–Trinajstić information content (AvgIpc) is 3.10. The number of halogens is 1. The van der Waals surface area contributed by atoms with Gasteiger partial charge >= 0.3 is 0 Å². The van der Waals surface area contributed by atoms with Crippen LogP contribution in [0.4, 0.5) is 10.1 Å². The number of carbonyl (C=O) groups excluding carboxylic acids is 2. The van der Waals surface area contributed by atoms with Crippen LogP contribution in [0.5, 0.6) is 5.75 Å². The fourth-order valence-electron chi connectivity index (χ4n) is 3.73. The number of hydrogen-bond acceptors (Lipinski definition) is 5. The Morgan fingerprint density at radius 1 is 1.21 bits per heavy atom. The number of carbonyl (C=O) groups is 2. The number of aromatic nitrogens is 2. The molecule has 3 rings (SSSR count). The standard InChI is InChI=1S/C25H30FN5O3/c1-6-34-19-11-16(12-29-25(33)17-9-14(4)7-8-15(17)5)10-18(26)22(19)31-23(24(28)32)20(27)21(30-31)13(2)3/h7-11,13H,6,12,27H2,1-5H3,(H2,28,32)(H,29,33). The van der Waals surface area contributed by atoms with Crippen LogP contribution < -0.4 is 21.5 Å². The Morgan fingerprint density at radius 2 is 1.91 bits per heavy atom. The molecule has 0 atom stereocenters. The first-order chi connectivity index (χ1) is 16.0. The Hall–Kier alpha value is -3.88. The number of amides is 2. The zero-order valence-corrected chi connectivity index (χ0v) is 20.0. The van der Waals surface area contributed by atoms with Gasteiger partial charge in [0.05, 0.1) is 18.0 Å². The SMILES string of the molecule is CCOc1cc(CNC(=O)c2cc(C)ccc2C)cc(F)c1-n1nc(C(C)C)c(N)c1C(N)=O. The summed E-state index contributed by atoms with van der Waals surface area (Å²) in [5, 5.41) is 7.19. The van der Waals surface area contributed by atoms with E-state index >= 15 is 4.39 Å². The molecule has 34 heavy (non-hydrogen) atoms. The molecule has 0 aliphatic carbocycles. The van der Waals surface area contributed by atoms with Crippen LogP contribution in [0.15, 0.2) is 30.3 Å². The molecule has 0 aliphatic heterocycles. The van der Waals surface area contributed by atoms with E-state index in [2.05, 4.69) is 10.4 Å². The first kappa shape index (κ1) is 24.8. The lowest BCUT2D eigenvalue weighted by Crippen LogP contribution is -2.24. The van der Waals surface area contributed by atoms with Crippen LogP contribution in [0.3, 0.4) is 0 Å². The van der Waals surface area contributed by atoms with Gasteiger partial charge in [-0.3, -0.25) is 9.59 Å². The smallest absolute Gasteiger partial charge is 0.269 e. The first-order valence-corrected chi connectivity index (χ1v) is 11.0. The molecule has 0 saturated heterocycles. The highest BCUT2D eigenvalue weighted by Gasteiger charge is 2.26. The molecule has 9 heteroatoms. The summed E-state index contributed by atoms with van der Waals surface area (Å²) in [7, 11) is 0. The van der Waals surface area contributed by atoms with Crippen molar-refractivity contribution in [3.8, 4) is 11.4 Å². The number of nitrogen functional groups attached to an aromatic ring is 1. The highest BCUT2D eigenvalue weighted by molar-refractivity contribution is 5.98. The van der Waals surface area contributed by atoms with E-state index in [1.165, 1.54) is 6.07 Å². The Labute approximate surface area is 198 Å². The molecule has 0 unspecified atom stereocenters. The van der Waals surface area contributed by atoms with Gasteiger partial charge in [-0.1, -0.05) is 31.5 Å². The minimum absolute atomic E-state index is 0.0705. The number of nitrogens with two attached hydrogens (primary N) is 2. The molecule has 3 aromatic rings. The summed E-state index contributed by atoms with van der Waals surface area (Å²) in [6.07, 6.45) is 0. The summed E-state index contributed by atoms with van der Waals surface area (Å²) in [5.74, 6) is -1.75. The van der Waals surface area contributed by atoms with Crippen molar-refractivity contribution in [3.63, 3.8) is 0 Å². The second kappa shape index (κ2) is 9.94. The average molecular weight is 468 g/mol. The van der Waals surface area contributed by atoms with Crippen molar-refractivity contribution in [2.45, 2.75) is 47.1 Å². The third-order valence-electron chi connectivity index (χ3n) is 5.42. The minimum Gasteiger partial charge on any atom is -0.491 e. The number of aryl methyl sites for hydroxylation is 2. The van der Waals surface area contributed by atoms with Gasteiger partial charge in [-0.2, -0.15) is 5.10 Å². The van der Waals surface area contributed by atoms with Crippen molar-refractivity contribution in [1.82, 2.24) is 15.1 Å². The lowest BCUT2D eigenvalue weighted by molar-refractivity contribution is 0.0948. The van der Waals surface area contributed by atoms with Gasteiger partial charge in [0.25, 0.3) is 11.8 Å². The number of ether oxygens (including phenoxy) is 1. The summed E-state index contributed by atoms with van der Waals surface area (Å²) in [6.45, 7) is 9.54. The Balaban J connectivity index is 2.00. The van der Waals surface area contributed by atoms with E-state index in [9.17, 15) is 9.59 Å².